The molecule has 0 aliphatic rings. The van der Waals surface area contributed by atoms with Gasteiger partial charge in [0.1, 0.15) is 23.0 Å². The molecule has 0 aliphatic carbocycles. The Morgan fingerprint density at radius 3 is 2.02 bits per heavy atom. The number of pyridine rings is 1. The first-order valence-electron chi connectivity index (χ1n) is 12.5. The molecule has 0 spiro atoms. The van der Waals surface area contributed by atoms with Crippen molar-refractivity contribution in [2.24, 2.45) is 0 Å². The normalized spacial score (nSPS) is 12.7. The minimum absolute atomic E-state index is 0.0450. The van der Waals surface area contributed by atoms with E-state index in [0.717, 1.165) is 0 Å². The number of anilines is 1. The number of alkyl halides is 3. The Labute approximate surface area is 249 Å². The van der Waals surface area contributed by atoms with Crippen molar-refractivity contribution in [2.75, 3.05) is 26.1 Å². The molecule has 14 nitrogen and oxygen atoms in total. The van der Waals surface area contributed by atoms with Crippen molar-refractivity contribution in [2.45, 2.75) is 31.2 Å². The van der Waals surface area contributed by atoms with Crippen LogP contribution >= 0.6 is 0 Å². The van der Waals surface area contributed by atoms with Crippen molar-refractivity contribution in [1.82, 2.24) is 29.7 Å². The zero-order chi connectivity index (χ0) is 32.7. The second kappa shape index (κ2) is 14.0. The number of nitrogens with zero attached hydrogens (tertiary/aromatic N) is 6. The van der Waals surface area contributed by atoms with E-state index in [1.807, 2.05) is 0 Å². The summed E-state index contributed by atoms with van der Waals surface area (Å²) in [6.07, 6.45) is 1.14. The molecule has 0 unspecified atom stereocenters. The Morgan fingerprint density at radius 1 is 0.955 bits per heavy atom. The van der Waals surface area contributed by atoms with E-state index >= 15 is 0 Å². The summed E-state index contributed by atoms with van der Waals surface area (Å²) in [5.41, 5.74) is 1.04. The van der Waals surface area contributed by atoms with Crippen LogP contribution in [0.2, 0.25) is 0 Å². The summed E-state index contributed by atoms with van der Waals surface area (Å²) in [4.78, 5) is 21.5. The van der Waals surface area contributed by atoms with E-state index in [4.69, 9.17) is 24.1 Å². The number of ether oxygens (including phenoxy) is 3. The number of para-hydroxylation sites is 1. The average Bonchev–Trinajstić information content (AvgIpc) is 3.42. The number of nitrogens with one attached hydrogen (secondary N) is 1. The third-order valence-corrected chi connectivity index (χ3v) is 8.02. The van der Waals surface area contributed by atoms with Crippen LogP contribution in [0.3, 0.4) is 0 Å². The monoisotopic (exact) mass is 639 g/mol. The highest BCUT2D eigenvalue weighted by Crippen LogP contribution is 2.38. The van der Waals surface area contributed by atoms with Crippen LogP contribution in [-0.2, 0) is 14.8 Å². The van der Waals surface area contributed by atoms with Gasteiger partial charge in [-0.15, -0.1) is 10.2 Å². The highest BCUT2D eigenvalue weighted by Gasteiger charge is 2.38. The molecule has 0 saturated heterocycles. The smallest absolute Gasteiger partial charge is 0.490 e. The van der Waals surface area contributed by atoms with Crippen LogP contribution < -0.4 is 18.9 Å². The summed E-state index contributed by atoms with van der Waals surface area (Å²) in [6.45, 7) is 3.31. The zero-order valence-corrected chi connectivity index (χ0v) is 24.8. The first-order chi connectivity index (χ1) is 20.7. The molecule has 2 atom stereocenters. The minimum Gasteiger partial charge on any atom is -0.494 e. The van der Waals surface area contributed by atoms with Crippen molar-refractivity contribution < 1.29 is 45.7 Å². The molecular formula is C26H28F3N7O7S. The quantitative estimate of drug-likeness (QED) is 0.257. The zero-order valence-electron chi connectivity index (χ0n) is 24.0. The summed E-state index contributed by atoms with van der Waals surface area (Å²) in [7, 11) is 0.526. The van der Waals surface area contributed by atoms with Gasteiger partial charge in [0, 0.05) is 23.9 Å². The molecule has 0 radical (unpaired) electrons. The molecule has 0 bridgehead atoms. The lowest BCUT2D eigenvalue weighted by Crippen LogP contribution is -2.31. The number of rotatable bonds is 10. The maximum atomic E-state index is 13.5. The molecule has 0 fully saturated rings. The number of hydrogen-bond donors (Lipinski definition) is 2. The Morgan fingerprint density at radius 2 is 1.55 bits per heavy atom. The van der Waals surface area contributed by atoms with E-state index in [1.54, 1.807) is 56.6 Å². The molecule has 18 heteroatoms. The number of carboxylic acid groups (broad SMARTS) is 1. The third-order valence-electron chi connectivity index (χ3n) is 6.17. The molecule has 3 heterocycles. The van der Waals surface area contributed by atoms with Crippen molar-refractivity contribution in [1.29, 1.82) is 0 Å². The summed E-state index contributed by atoms with van der Waals surface area (Å²) in [6, 6.07) is 8.76. The van der Waals surface area contributed by atoms with Crippen LogP contribution in [0.1, 0.15) is 25.6 Å². The fourth-order valence-electron chi connectivity index (χ4n) is 3.66. The number of benzene rings is 1. The summed E-state index contributed by atoms with van der Waals surface area (Å²) in [5.74, 6) is -1.31. The maximum absolute atomic E-state index is 13.5. The van der Waals surface area contributed by atoms with Crippen molar-refractivity contribution >= 4 is 21.9 Å². The summed E-state index contributed by atoms with van der Waals surface area (Å²) < 4.78 is 79.2. The van der Waals surface area contributed by atoms with Crippen LogP contribution in [-0.4, -0.2) is 82.0 Å². The van der Waals surface area contributed by atoms with Gasteiger partial charge in [0.2, 0.25) is 16.0 Å². The molecule has 0 saturated carbocycles. The molecule has 44 heavy (non-hydrogen) atoms. The molecular weight excluding hydrogens is 611 g/mol. The number of carboxylic acids is 1. The first-order valence-corrected chi connectivity index (χ1v) is 14.0. The Hall–Kier alpha value is -5.00. The van der Waals surface area contributed by atoms with E-state index < -0.39 is 33.3 Å². The van der Waals surface area contributed by atoms with Gasteiger partial charge >= 0.3 is 12.1 Å². The van der Waals surface area contributed by atoms with E-state index in [-0.39, 0.29) is 5.95 Å². The number of carbonyl (C=O) groups is 1. The molecule has 0 amide bonds. The molecule has 3 aromatic heterocycles. The Balaban J connectivity index is 0.000000676. The van der Waals surface area contributed by atoms with Crippen molar-refractivity contribution in [3.8, 4) is 34.3 Å². The second-order valence-corrected chi connectivity index (χ2v) is 10.9. The number of aromatic nitrogens is 6. The molecule has 2 N–H and O–H groups in total. The molecule has 4 rings (SSSR count). The number of sulfonamides is 1. The predicted octanol–water partition coefficient (Wildman–Crippen LogP) is 3.71. The largest absolute Gasteiger partial charge is 0.494 e. The van der Waals surface area contributed by atoms with Crippen LogP contribution in [0.5, 0.6) is 17.2 Å². The van der Waals surface area contributed by atoms with Gasteiger partial charge in [-0.25, -0.2) is 23.2 Å². The van der Waals surface area contributed by atoms with Gasteiger partial charge in [0.25, 0.3) is 0 Å². The van der Waals surface area contributed by atoms with Crippen LogP contribution in [0.4, 0.5) is 19.1 Å². The molecule has 4 aromatic rings. The van der Waals surface area contributed by atoms with Crippen molar-refractivity contribution in [3.63, 3.8) is 0 Å². The summed E-state index contributed by atoms with van der Waals surface area (Å²) in [5, 5.41) is 14.7. The Bertz CT molecular complexity index is 1650. The van der Waals surface area contributed by atoms with Crippen LogP contribution in [0.15, 0.2) is 55.1 Å². The lowest BCUT2D eigenvalue weighted by atomic mass is 10.1. The van der Waals surface area contributed by atoms with Gasteiger partial charge in [0.15, 0.2) is 11.6 Å². The van der Waals surface area contributed by atoms with Gasteiger partial charge in [-0.3, -0.25) is 14.3 Å². The SMILES string of the molecule is COc1cnc([C@@H](C)[C@H](C)S(=O)(=O)Nc2nnc(-c3cccnc3)n2-c2c(OC)cccc2OC)nc1.O=C(O)C(F)(F)F. The Kier molecular flexibility index (Phi) is 10.6. The van der Waals surface area contributed by atoms with Crippen LogP contribution in [0.25, 0.3) is 17.1 Å². The number of halogens is 3. The maximum Gasteiger partial charge on any atom is 0.490 e. The van der Waals surface area contributed by atoms with E-state index in [2.05, 4.69) is 29.9 Å². The van der Waals surface area contributed by atoms with Gasteiger partial charge in [-0.1, -0.05) is 13.0 Å². The molecule has 1 aromatic carbocycles. The minimum atomic E-state index is -5.08. The van der Waals surface area contributed by atoms with Crippen molar-refractivity contribution in [3.05, 3.63) is 60.9 Å². The fourth-order valence-corrected chi connectivity index (χ4v) is 4.89. The highest BCUT2D eigenvalue weighted by molar-refractivity contribution is 7.93. The highest BCUT2D eigenvalue weighted by atomic mass is 32.2. The number of methoxy groups -OCH3 is 3. The third kappa shape index (κ3) is 7.68. The van der Waals surface area contributed by atoms with Gasteiger partial charge in [0.05, 0.1) is 39.0 Å². The molecule has 0 aliphatic heterocycles. The van der Waals surface area contributed by atoms with Gasteiger partial charge in [-0.2, -0.15) is 13.2 Å². The lowest BCUT2D eigenvalue weighted by Gasteiger charge is -2.21. The van der Waals surface area contributed by atoms with Gasteiger partial charge < -0.3 is 19.3 Å². The van der Waals surface area contributed by atoms with E-state index in [1.165, 1.54) is 38.3 Å². The molecule has 236 valence electrons. The van der Waals surface area contributed by atoms with E-state index in [9.17, 15) is 21.6 Å². The van der Waals surface area contributed by atoms with E-state index in [0.29, 0.717) is 40.1 Å². The topological polar surface area (TPSA) is 181 Å². The second-order valence-electron chi connectivity index (χ2n) is 8.86. The predicted molar refractivity (Wildman–Crippen MR) is 150 cm³/mol. The standard InChI is InChI=1S/C24H27N7O5S.C2HF3O2/c1-15(22-26-13-18(34-3)14-27-22)16(2)37(32,33)30-24-29-28-23(17-8-7-11-25-12-17)31(24)21-19(35-4)9-6-10-20(21)36-5;3-2(4,5)1(6)7/h6-16H,1-5H3,(H,29,30);(H,6,7)/t15-,16-;/m0./s1. The average molecular weight is 640 g/mol. The van der Waals surface area contributed by atoms with Gasteiger partial charge in [-0.05, 0) is 31.2 Å². The number of aliphatic carboxylic acids is 1. The lowest BCUT2D eigenvalue weighted by molar-refractivity contribution is -0.192. The van der Waals surface area contributed by atoms with Crippen LogP contribution in [0, 0.1) is 0 Å². The fraction of sp³-hybridized carbons (Fsp3) is 0.308. The first kappa shape index (κ1) is 33.5. The number of hydrogen-bond acceptors (Lipinski definition) is 11. The summed E-state index contributed by atoms with van der Waals surface area (Å²) >= 11 is 0.